The Kier molecular flexibility index (Phi) is 6.09. The van der Waals surface area contributed by atoms with Gasteiger partial charge in [0, 0.05) is 12.1 Å². The number of methoxy groups -OCH3 is 2. The van der Waals surface area contributed by atoms with Gasteiger partial charge >= 0.3 is 0 Å². The molecular weight excluding hydrogens is 468 g/mol. The van der Waals surface area contributed by atoms with Crippen molar-refractivity contribution in [3.8, 4) is 17.2 Å². The molecule has 0 unspecified atom stereocenters. The van der Waals surface area contributed by atoms with E-state index in [-0.39, 0.29) is 21.2 Å². The van der Waals surface area contributed by atoms with Gasteiger partial charge in [0.15, 0.2) is 0 Å². The first-order chi connectivity index (χ1) is 15.7. The normalized spacial score (nSPS) is 13.0. The SMILES string of the molecule is COc1ccc(NS(=O)(=O)c2ccc(OC)c(NS(=O)(=O)c3ccc4c(c3)CCO4)c2)cc1. The summed E-state index contributed by atoms with van der Waals surface area (Å²) in [6.07, 6.45) is 0.618. The molecule has 174 valence electrons. The molecule has 1 aliphatic rings. The minimum absolute atomic E-state index is 0.00754. The molecule has 33 heavy (non-hydrogen) atoms. The average Bonchev–Trinajstić information content (AvgIpc) is 3.27. The standard InChI is InChI=1S/C22H22N2O7S2/c1-29-17-5-3-16(4-6-17)23-32(25,26)19-8-10-22(30-2)20(14-19)24-33(27,28)18-7-9-21-15(13-18)11-12-31-21/h3-10,13-14,23-24H,11-12H2,1-2H3. The molecule has 0 aromatic heterocycles. The Morgan fingerprint density at radius 1 is 0.788 bits per heavy atom. The van der Waals surface area contributed by atoms with Crippen LogP contribution in [-0.4, -0.2) is 37.7 Å². The number of anilines is 2. The lowest BCUT2D eigenvalue weighted by Crippen LogP contribution is -2.16. The van der Waals surface area contributed by atoms with Crippen LogP contribution in [0.3, 0.4) is 0 Å². The minimum Gasteiger partial charge on any atom is -0.497 e. The molecule has 11 heteroatoms. The highest BCUT2D eigenvalue weighted by Crippen LogP contribution is 2.32. The van der Waals surface area contributed by atoms with Crippen molar-refractivity contribution in [2.24, 2.45) is 0 Å². The Hall–Kier alpha value is -3.44. The van der Waals surface area contributed by atoms with Crippen LogP contribution >= 0.6 is 0 Å². The number of hydrogen-bond acceptors (Lipinski definition) is 7. The van der Waals surface area contributed by atoms with Gasteiger partial charge in [-0.15, -0.1) is 0 Å². The van der Waals surface area contributed by atoms with Crippen LogP contribution in [0.25, 0.3) is 0 Å². The Morgan fingerprint density at radius 3 is 2.15 bits per heavy atom. The fourth-order valence-corrected chi connectivity index (χ4v) is 5.54. The molecule has 3 aromatic rings. The molecule has 0 amide bonds. The molecule has 3 aromatic carbocycles. The van der Waals surface area contributed by atoms with E-state index < -0.39 is 20.0 Å². The molecule has 0 spiro atoms. The number of sulfonamides is 2. The topological polar surface area (TPSA) is 120 Å². The van der Waals surface area contributed by atoms with Crippen molar-refractivity contribution < 1.29 is 31.0 Å². The van der Waals surface area contributed by atoms with Gasteiger partial charge < -0.3 is 14.2 Å². The van der Waals surface area contributed by atoms with Crippen LogP contribution in [0, 0.1) is 0 Å². The third kappa shape index (κ3) is 4.83. The van der Waals surface area contributed by atoms with E-state index in [1.807, 2.05) is 0 Å². The van der Waals surface area contributed by atoms with Crippen LogP contribution in [0.2, 0.25) is 0 Å². The second-order valence-electron chi connectivity index (χ2n) is 7.17. The Labute approximate surface area is 192 Å². The maximum atomic E-state index is 13.0. The molecule has 0 bridgehead atoms. The smallest absolute Gasteiger partial charge is 0.262 e. The molecule has 4 rings (SSSR count). The maximum absolute atomic E-state index is 13.0. The first-order valence-corrected chi connectivity index (χ1v) is 12.8. The summed E-state index contributed by atoms with van der Waals surface area (Å²) in [5.41, 5.74) is 1.12. The van der Waals surface area contributed by atoms with Gasteiger partial charge in [-0.2, -0.15) is 0 Å². The lowest BCUT2D eigenvalue weighted by molar-refractivity contribution is 0.356. The van der Waals surface area contributed by atoms with E-state index in [9.17, 15) is 16.8 Å². The Balaban J connectivity index is 1.63. The van der Waals surface area contributed by atoms with Crippen molar-refractivity contribution in [1.29, 1.82) is 0 Å². The molecule has 9 nitrogen and oxygen atoms in total. The van der Waals surface area contributed by atoms with E-state index >= 15 is 0 Å². The first kappa shape index (κ1) is 22.7. The predicted octanol–water partition coefficient (Wildman–Crippen LogP) is 3.24. The maximum Gasteiger partial charge on any atom is 0.262 e. The summed E-state index contributed by atoms with van der Waals surface area (Å²) in [7, 11) is -5.14. The summed E-state index contributed by atoms with van der Waals surface area (Å²) in [5.74, 6) is 1.41. The van der Waals surface area contributed by atoms with Crippen molar-refractivity contribution >= 4 is 31.4 Å². The van der Waals surface area contributed by atoms with Gasteiger partial charge in [-0.1, -0.05) is 0 Å². The molecule has 0 fully saturated rings. The van der Waals surface area contributed by atoms with Crippen LogP contribution in [0.1, 0.15) is 5.56 Å². The zero-order chi connectivity index (χ0) is 23.6. The number of benzene rings is 3. The van der Waals surface area contributed by atoms with Gasteiger partial charge in [-0.3, -0.25) is 9.44 Å². The van der Waals surface area contributed by atoms with Gasteiger partial charge in [0.25, 0.3) is 20.0 Å². The summed E-state index contributed by atoms with van der Waals surface area (Å²) >= 11 is 0. The van der Waals surface area contributed by atoms with Crippen LogP contribution in [-0.2, 0) is 26.5 Å². The highest BCUT2D eigenvalue weighted by Gasteiger charge is 2.23. The number of nitrogens with one attached hydrogen (secondary N) is 2. The van der Waals surface area contributed by atoms with E-state index in [4.69, 9.17) is 14.2 Å². The molecule has 0 saturated heterocycles. The van der Waals surface area contributed by atoms with Crippen LogP contribution in [0.5, 0.6) is 17.2 Å². The van der Waals surface area contributed by atoms with E-state index in [2.05, 4.69) is 9.44 Å². The predicted molar refractivity (Wildman–Crippen MR) is 123 cm³/mol. The zero-order valence-corrected chi connectivity index (χ0v) is 19.5. The lowest BCUT2D eigenvalue weighted by Gasteiger charge is -2.15. The Morgan fingerprint density at radius 2 is 1.45 bits per heavy atom. The number of fused-ring (bicyclic) bond motifs is 1. The second-order valence-corrected chi connectivity index (χ2v) is 10.5. The number of ether oxygens (including phenoxy) is 3. The summed E-state index contributed by atoms with van der Waals surface area (Å²) in [4.78, 5) is -0.0995. The van der Waals surface area contributed by atoms with Crippen molar-refractivity contribution in [2.45, 2.75) is 16.2 Å². The molecule has 1 heterocycles. The fraction of sp³-hybridized carbons (Fsp3) is 0.182. The molecule has 0 atom stereocenters. The van der Waals surface area contributed by atoms with E-state index in [1.54, 1.807) is 36.4 Å². The van der Waals surface area contributed by atoms with Gasteiger partial charge in [0.1, 0.15) is 17.2 Å². The monoisotopic (exact) mass is 490 g/mol. The molecule has 0 saturated carbocycles. The van der Waals surface area contributed by atoms with Crippen LogP contribution in [0.15, 0.2) is 70.5 Å². The zero-order valence-electron chi connectivity index (χ0n) is 17.9. The van der Waals surface area contributed by atoms with Gasteiger partial charge in [-0.05, 0) is 66.2 Å². The van der Waals surface area contributed by atoms with Gasteiger partial charge in [-0.25, -0.2) is 16.8 Å². The summed E-state index contributed by atoms with van der Waals surface area (Å²) in [6, 6.07) is 14.9. The third-order valence-corrected chi connectivity index (χ3v) is 7.78. The fourth-order valence-electron chi connectivity index (χ4n) is 3.34. The second kappa shape index (κ2) is 8.83. The quantitative estimate of drug-likeness (QED) is 0.497. The molecular formula is C22H22N2O7S2. The minimum atomic E-state index is -4.01. The summed E-state index contributed by atoms with van der Waals surface area (Å²) < 4.78 is 72.4. The van der Waals surface area contributed by atoms with Gasteiger partial charge in [0.05, 0.1) is 36.3 Å². The number of rotatable bonds is 8. The third-order valence-electron chi connectivity index (χ3n) is 5.04. The van der Waals surface area contributed by atoms with Crippen molar-refractivity contribution in [3.05, 3.63) is 66.2 Å². The van der Waals surface area contributed by atoms with Crippen LogP contribution in [0.4, 0.5) is 11.4 Å². The van der Waals surface area contributed by atoms with E-state index in [1.165, 1.54) is 38.5 Å². The average molecular weight is 491 g/mol. The van der Waals surface area contributed by atoms with Crippen molar-refractivity contribution in [1.82, 2.24) is 0 Å². The van der Waals surface area contributed by atoms with Crippen molar-refractivity contribution in [3.63, 3.8) is 0 Å². The highest BCUT2D eigenvalue weighted by atomic mass is 32.2. The number of hydrogen-bond donors (Lipinski definition) is 2. The first-order valence-electron chi connectivity index (χ1n) is 9.85. The Bertz CT molecular complexity index is 1390. The highest BCUT2D eigenvalue weighted by molar-refractivity contribution is 7.93. The van der Waals surface area contributed by atoms with Gasteiger partial charge in [0.2, 0.25) is 0 Å². The van der Waals surface area contributed by atoms with Crippen LogP contribution < -0.4 is 23.7 Å². The van der Waals surface area contributed by atoms with Crippen molar-refractivity contribution in [2.75, 3.05) is 30.3 Å². The summed E-state index contributed by atoms with van der Waals surface area (Å²) in [5, 5.41) is 0. The molecule has 0 aliphatic carbocycles. The molecule has 1 aliphatic heterocycles. The molecule has 2 N–H and O–H groups in total. The van der Waals surface area contributed by atoms with E-state index in [0.29, 0.717) is 30.2 Å². The largest absolute Gasteiger partial charge is 0.497 e. The lowest BCUT2D eigenvalue weighted by atomic mass is 10.2. The summed E-state index contributed by atoms with van der Waals surface area (Å²) in [6.45, 7) is 0.501. The van der Waals surface area contributed by atoms with E-state index in [0.717, 1.165) is 5.56 Å². The molecule has 0 radical (unpaired) electrons.